The minimum Gasteiger partial charge on any atom is -0.383 e. The first-order chi connectivity index (χ1) is 23.2. The van der Waals surface area contributed by atoms with E-state index in [1.165, 1.54) is 22.3 Å². The highest BCUT2D eigenvalue weighted by molar-refractivity contribution is 7.07. The maximum absolute atomic E-state index is 5.58. The molecule has 6 aromatic heterocycles. The number of hydrogen-bond donors (Lipinski definition) is 1. The van der Waals surface area contributed by atoms with Crippen LogP contribution in [-0.2, 0) is 0 Å². The molecule has 0 spiro atoms. The molecule has 0 amide bonds. The summed E-state index contributed by atoms with van der Waals surface area (Å²) in [5.41, 5.74) is 14.8. The van der Waals surface area contributed by atoms with E-state index in [1.54, 1.807) is 36.1 Å². The topological polar surface area (TPSA) is 116 Å². The van der Waals surface area contributed by atoms with Gasteiger partial charge in [0.25, 0.3) is 0 Å². The Morgan fingerprint density at radius 2 is 1.24 bits per heavy atom. The van der Waals surface area contributed by atoms with Gasteiger partial charge in [0.15, 0.2) is 0 Å². The lowest BCUT2D eigenvalue weighted by Crippen LogP contribution is -1.97. The Labute approximate surface area is 302 Å². The van der Waals surface area contributed by atoms with Gasteiger partial charge >= 0.3 is 0 Å². The first kappa shape index (κ1) is 42.4. The number of hydrogen-bond acceptors (Lipinski definition) is 9. The maximum atomic E-state index is 5.58. The lowest BCUT2D eigenvalue weighted by Gasteiger charge is -2.01. The maximum Gasteiger partial charge on any atom is 0.129 e. The first-order valence-corrected chi connectivity index (χ1v) is 17.2. The zero-order valence-electron chi connectivity index (χ0n) is 30.7. The fraction of sp³-hybridized carbons (Fsp3) is 0.308. The zero-order valence-corrected chi connectivity index (χ0v) is 32.3. The molecule has 6 rings (SSSR count). The molecular weight excluding hydrogens is 648 g/mol. The summed E-state index contributed by atoms with van der Waals surface area (Å²) in [5.74, 6) is 2.66. The molecule has 0 fully saturated rings. The number of aryl methyl sites for hydroxylation is 9. The molecule has 0 bridgehead atoms. The van der Waals surface area contributed by atoms with Crippen LogP contribution in [0.2, 0.25) is 5.02 Å². The Balaban J connectivity index is 0.000000296. The lowest BCUT2D eigenvalue weighted by molar-refractivity contribution is 0.837. The van der Waals surface area contributed by atoms with Crippen molar-refractivity contribution in [1.82, 2.24) is 34.9 Å². The van der Waals surface area contributed by atoms with Crippen LogP contribution in [0.5, 0.6) is 0 Å². The number of thiophene rings is 1. The summed E-state index contributed by atoms with van der Waals surface area (Å²) in [6.07, 6.45) is 12.5. The van der Waals surface area contributed by atoms with E-state index in [0.29, 0.717) is 16.8 Å². The SMILES string of the molecule is Cc1cc(C)nc(C)c1.Cc1cccnc1.Cc1ccsc1.Cc1cncc(Cl)c1.Cc1ncc(C(C)C)cn1.Cc1ncc(C)c(N)n1. The van der Waals surface area contributed by atoms with E-state index < -0.39 is 0 Å². The van der Waals surface area contributed by atoms with Gasteiger partial charge in [-0.2, -0.15) is 11.3 Å². The van der Waals surface area contributed by atoms with Gasteiger partial charge < -0.3 is 5.73 Å². The van der Waals surface area contributed by atoms with Crippen molar-refractivity contribution in [2.24, 2.45) is 0 Å². The Hall–Kier alpha value is -4.60. The van der Waals surface area contributed by atoms with E-state index in [9.17, 15) is 0 Å². The van der Waals surface area contributed by atoms with E-state index in [-0.39, 0.29) is 0 Å². The smallest absolute Gasteiger partial charge is 0.129 e. The van der Waals surface area contributed by atoms with Gasteiger partial charge in [-0.15, -0.1) is 0 Å². The molecule has 8 nitrogen and oxygen atoms in total. The summed E-state index contributed by atoms with van der Waals surface area (Å²) in [6.45, 7) is 22.0. The quantitative estimate of drug-likeness (QED) is 0.180. The van der Waals surface area contributed by atoms with Crippen molar-refractivity contribution in [2.75, 3.05) is 5.73 Å². The number of anilines is 1. The van der Waals surface area contributed by atoms with E-state index in [0.717, 1.165) is 34.2 Å². The summed E-state index contributed by atoms with van der Waals surface area (Å²) in [4.78, 5) is 28.0. The van der Waals surface area contributed by atoms with Crippen LogP contribution in [0, 0.1) is 62.3 Å². The molecule has 49 heavy (non-hydrogen) atoms. The molecule has 260 valence electrons. The van der Waals surface area contributed by atoms with Crippen LogP contribution in [0.25, 0.3) is 0 Å². The Morgan fingerprint density at radius 1 is 0.633 bits per heavy atom. The molecule has 0 atom stereocenters. The van der Waals surface area contributed by atoms with Gasteiger partial charge in [-0.1, -0.05) is 31.5 Å². The van der Waals surface area contributed by atoms with Crippen LogP contribution in [0.15, 0.2) is 90.5 Å². The summed E-state index contributed by atoms with van der Waals surface area (Å²) < 4.78 is 0. The molecule has 0 saturated carbocycles. The average molecular weight is 699 g/mol. The molecular formula is C39H51ClN8S. The number of aromatic nitrogens is 7. The molecule has 0 aliphatic rings. The van der Waals surface area contributed by atoms with Crippen molar-refractivity contribution in [1.29, 1.82) is 0 Å². The molecule has 10 heteroatoms. The van der Waals surface area contributed by atoms with Crippen LogP contribution < -0.4 is 5.73 Å². The lowest BCUT2D eigenvalue weighted by atomic mass is 10.1. The Kier molecular flexibility index (Phi) is 20.5. The highest BCUT2D eigenvalue weighted by Crippen LogP contribution is 2.10. The van der Waals surface area contributed by atoms with Crippen molar-refractivity contribution in [3.05, 3.63) is 152 Å². The van der Waals surface area contributed by atoms with E-state index >= 15 is 0 Å². The van der Waals surface area contributed by atoms with Crippen molar-refractivity contribution < 1.29 is 0 Å². The predicted octanol–water partition coefficient (Wildman–Crippen LogP) is 10.1. The van der Waals surface area contributed by atoms with Gasteiger partial charge in [-0.05, 0) is 137 Å². The summed E-state index contributed by atoms with van der Waals surface area (Å²) in [7, 11) is 0. The van der Waals surface area contributed by atoms with Crippen LogP contribution in [-0.4, -0.2) is 34.9 Å². The minimum absolute atomic E-state index is 0.528. The van der Waals surface area contributed by atoms with Crippen LogP contribution in [0.1, 0.15) is 76.2 Å². The number of nitrogens with two attached hydrogens (primary N) is 1. The third-order valence-corrected chi connectivity index (χ3v) is 7.15. The van der Waals surface area contributed by atoms with E-state index in [2.05, 4.69) is 91.5 Å². The minimum atomic E-state index is 0.528. The number of nitrogen functional groups attached to an aromatic ring is 1. The molecule has 0 unspecified atom stereocenters. The molecule has 0 aliphatic carbocycles. The van der Waals surface area contributed by atoms with Crippen molar-refractivity contribution in [2.45, 2.75) is 82.1 Å². The highest BCUT2D eigenvalue weighted by Gasteiger charge is 1.97. The molecule has 6 heterocycles. The molecule has 0 saturated heterocycles. The first-order valence-electron chi connectivity index (χ1n) is 15.8. The standard InChI is InChI=1S/C8H12N2.C8H11N.C6H6ClN.C6H9N3.C6H7N.C5H6S/c1-6(2)8-4-9-7(3)10-5-8;1-6-4-7(2)9-8(3)5-6;1-5-2-6(7)4-8-3-5;1-4-3-8-5(2)9-6(4)7;1-6-3-2-4-7-5-6;1-5-2-3-6-4-5/h4-6H,1-3H3;4-5H,1-3H3;2-4H,1H3;3H,1-2H3,(H2,7,8,9);2-5H,1H3;2-4H,1H3. The Morgan fingerprint density at radius 3 is 1.59 bits per heavy atom. The second-order valence-corrected chi connectivity index (χ2v) is 12.9. The fourth-order valence-electron chi connectivity index (χ4n) is 3.59. The number of rotatable bonds is 1. The number of pyridine rings is 3. The van der Waals surface area contributed by atoms with Crippen molar-refractivity contribution >= 4 is 28.8 Å². The number of nitrogens with zero attached hydrogens (tertiary/aromatic N) is 7. The monoisotopic (exact) mass is 698 g/mol. The predicted molar refractivity (Wildman–Crippen MR) is 207 cm³/mol. The van der Waals surface area contributed by atoms with Gasteiger partial charge in [0, 0.05) is 60.3 Å². The van der Waals surface area contributed by atoms with Gasteiger partial charge in [0.2, 0.25) is 0 Å². The molecule has 0 aromatic carbocycles. The van der Waals surface area contributed by atoms with Crippen LogP contribution >= 0.6 is 22.9 Å². The summed E-state index contributed by atoms with van der Waals surface area (Å²) in [6, 6.07) is 12.1. The molecule has 0 aliphatic heterocycles. The van der Waals surface area contributed by atoms with E-state index in [1.807, 2.05) is 85.3 Å². The second kappa shape index (κ2) is 23.7. The van der Waals surface area contributed by atoms with Gasteiger partial charge in [0.05, 0.1) is 5.02 Å². The third-order valence-electron chi connectivity index (χ3n) is 6.14. The highest BCUT2D eigenvalue weighted by atomic mass is 35.5. The van der Waals surface area contributed by atoms with Crippen molar-refractivity contribution in [3.63, 3.8) is 0 Å². The summed E-state index contributed by atoms with van der Waals surface area (Å²) >= 11 is 7.32. The largest absolute Gasteiger partial charge is 0.383 e. The van der Waals surface area contributed by atoms with E-state index in [4.69, 9.17) is 17.3 Å². The fourth-order valence-corrected chi connectivity index (χ4v) is 4.48. The van der Waals surface area contributed by atoms with Gasteiger partial charge in [-0.3, -0.25) is 15.0 Å². The second-order valence-electron chi connectivity index (χ2n) is 11.6. The zero-order chi connectivity index (χ0) is 36.8. The molecule has 2 N–H and O–H groups in total. The average Bonchev–Trinajstić information content (AvgIpc) is 3.51. The third kappa shape index (κ3) is 21.1. The normalized spacial score (nSPS) is 9.49. The molecule has 6 aromatic rings. The van der Waals surface area contributed by atoms with Gasteiger partial charge in [-0.25, -0.2) is 19.9 Å². The number of halogens is 1. The Bertz CT molecular complexity index is 1680. The van der Waals surface area contributed by atoms with Gasteiger partial charge in [0.1, 0.15) is 17.5 Å². The van der Waals surface area contributed by atoms with Crippen LogP contribution in [0.4, 0.5) is 5.82 Å². The summed E-state index contributed by atoms with van der Waals surface area (Å²) in [5, 5.41) is 4.90. The van der Waals surface area contributed by atoms with Crippen molar-refractivity contribution in [3.8, 4) is 0 Å². The van der Waals surface area contributed by atoms with Crippen LogP contribution in [0.3, 0.4) is 0 Å². The molecule has 0 radical (unpaired) electrons.